The molecule has 5 nitrogen and oxygen atoms in total. The molecule has 0 aliphatic carbocycles. The molecule has 4 rings (SSSR count). The third-order valence-electron chi connectivity index (χ3n) is 4.94. The summed E-state index contributed by atoms with van der Waals surface area (Å²) in [5.74, 6) is 0.950. The number of hydrogen-bond donors (Lipinski definition) is 0. The molecule has 0 atom stereocenters. The van der Waals surface area contributed by atoms with Gasteiger partial charge in [-0.15, -0.1) is 0 Å². The number of methoxy groups -OCH3 is 1. The maximum absolute atomic E-state index is 13.1. The summed E-state index contributed by atoms with van der Waals surface area (Å²) in [7, 11) is 1.57. The van der Waals surface area contributed by atoms with Gasteiger partial charge in [-0.1, -0.05) is 58.1 Å². The fraction of sp³-hybridized carbons (Fsp3) is 0.0800. The van der Waals surface area contributed by atoms with E-state index in [1.54, 1.807) is 19.3 Å². The van der Waals surface area contributed by atoms with E-state index in [2.05, 4.69) is 44.6 Å². The number of ether oxygens (including phenoxy) is 2. The Labute approximate surface area is 229 Å². The lowest BCUT2D eigenvalue weighted by molar-refractivity contribution is -0.113. The topological polar surface area (TPSA) is 62.6 Å². The van der Waals surface area contributed by atoms with Crippen molar-refractivity contribution in [3.8, 4) is 17.6 Å². The summed E-state index contributed by atoms with van der Waals surface area (Å²) in [6, 6.07) is 20.7. The first kappa shape index (κ1) is 24.7. The zero-order chi connectivity index (χ0) is 24.2. The molecule has 9 heteroatoms. The minimum absolute atomic E-state index is 0.167. The molecule has 170 valence electrons. The first-order valence-corrected chi connectivity index (χ1v) is 13.0. The van der Waals surface area contributed by atoms with Gasteiger partial charge in [-0.25, -0.2) is 0 Å². The van der Waals surface area contributed by atoms with E-state index in [0.29, 0.717) is 26.3 Å². The van der Waals surface area contributed by atoms with Crippen molar-refractivity contribution in [2.75, 3.05) is 12.0 Å². The van der Waals surface area contributed by atoms with Gasteiger partial charge in [0, 0.05) is 10.0 Å². The van der Waals surface area contributed by atoms with E-state index in [1.807, 2.05) is 54.6 Å². The number of amides is 1. The molecule has 0 bridgehead atoms. The largest absolute Gasteiger partial charge is 0.493 e. The molecule has 34 heavy (non-hydrogen) atoms. The highest BCUT2D eigenvalue weighted by Crippen LogP contribution is 2.39. The summed E-state index contributed by atoms with van der Waals surface area (Å²) in [6.45, 7) is 0.237. The second-order valence-corrected chi connectivity index (χ2v) is 10.8. The normalized spacial score (nSPS) is 14.4. The molecule has 0 saturated carbocycles. The molecule has 3 aromatic rings. The summed E-state index contributed by atoms with van der Waals surface area (Å²) in [5.41, 5.74) is 2.88. The molecule has 1 heterocycles. The number of thioether (sulfide) groups is 1. The molecule has 0 spiro atoms. The average Bonchev–Trinajstić information content (AvgIpc) is 3.11. The van der Waals surface area contributed by atoms with Crippen molar-refractivity contribution in [3.05, 3.63) is 90.3 Å². The number of rotatable bonds is 6. The van der Waals surface area contributed by atoms with Crippen LogP contribution in [0.15, 0.2) is 70.0 Å². The fourth-order valence-corrected chi connectivity index (χ4v) is 5.64. The van der Waals surface area contributed by atoms with E-state index in [9.17, 15) is 10.1 Å². The summed E-state index contributed by atoms with van der Waals surface area (Å²) in [4.78, 5) is 15.1. The molecule has 3 aromatic carbocycles. The zero-order valence-electron chi connectivity index (χ0n) is 17.7. The Morgan fingerprint density at radius 2 is 1.94 bits per heavy atom. The van der Waals surface area contributed by atoms with Crippen molar-refractivity contribution >= 4 is 84.5 Å². The quantitative estimate of drug-likeness (QED) is 0.162. The highest BCUT2D eigenvalue weighted by Gasteiger charge is 2.33. The SMILES string of the molecule is COc1cc(/C=C2/SC(=S)N(c3ccc(Br)cc3)C2=O)cc(I)c1OCc1ccccc1C#N. The highest BCUT2D eigenvalue weighted by atomic mass is 127. The van der Waals surface area contributed by atoms with E-state index in [-0.39, 0.29) is 12.5 Å². The maximum Gasteiger partial charge on any atom is 0.270 e. The summed E-state index contributed by atoms with van der Waals surface area (Å²) >= 11 is 12.3. The fourth-order valence-electron chi connectivity index (χ4n) is 3.30. The van der Waals surface area contributed by atoms with Gasteiger partial charge >= 0.3 is 0 Å². The lowest BCUT2D eigenvalue weighted by Gasteiger charge is -2.15. The number of halogens is 2. The third-order valence-corrected chi connectivity index (χ3v) is 7.57. The number of carbonyl (C=O) groups is 1. The molecule has 0 aromatic heterocycles. The molecule has 1 saturated heterocycles. The summed E-state index contributed by atoms with van der Waals surface area (Å²) < 4.78 is 13.8. The number of thiocarbonyl (C=S) groups is 1. The molecule has 0 radical (unpaired) electrons. The van der Waals surface area contributed by atoms with E-state index in [4.69, 9.17) is 21.7 Å². The van der Waals surface area contributed by atoms with Crippen molar-refractivity contribution in [1.29, 1.82) is 5.26 Å². The van der Waals surface area contributed by atoms with E-state index in [0.717, 1.165) is 24.9 Å². The highest BCUT2D eigenvalue weighted by molar-refractivity contribution is 14.1. The van der Waals surface area contributed by atoms with Crippen LogP contribution < -0.4 is 14.4 Å². The van der Waals surface area contributed by atoms with Crippen LogP contribution >= 0.6 is 62.5 Å². The van der Waals surface area contributed by atoms with Crippen LogP contribution in [0, 0.1) is 14.9 Å². The van der Waals surface area contributed by atoms with E-state index in [1.165, 1.54) is 16.7 Å². The van der Waals surface area contributed by atoms with Gasteiger partial charge in [-0.3, -0.25) is 9.69 Å². The standard InChI is InChI=1S/C25H16BrIN2O3S2/c1-31-21-11-15(10-20(27)23(21)32-14-17-5-3-2-4-16(17)13-28)12-22-24(30)29(25(33)34-22)19-8-6-18(26)7-9-19/h2-12H,14H2,1H3/b22-12+. The maximum atomic E-state index is 13.1. The second kappa shape index (κ2) is 10.9. The smallest absolute Gasteiger partial charge is 0.270 e. The number of carbonyl (C=O) groups excluding carboxylic acids is 1. The zero-order valence-corrected chi connectivity index (χ0v) is 23.1. The third kappa shape index (κ3) is 5.30. The Balaban J connectivity index is 1.59. The number of nitriles is 1. The van der Waals surface area contributed by atoms with Gasteiger partial charge < -0.3 is 9.47 Å². The van der Waals surface area contributed by atoms with Crippen molar-refractivity contribution in [1.82, 2.24) is 0 Å². The summed E-state index contributed by atoms with van der Waals surface area (Å²) in [5, 5.41) is 9.30. The predicted octanol–water partition coefficient (Wildman–Crippen LogP) is 6.92. The summed E-state index contributed by atoms with van der Waals surface area (Å²) in [6.07, 6.45) is 1.80. The number of nitrogens with zero attached hydrogens (tertiary/aromatic N) is 2. The van der Waals surface area contributed by atoms with Crippen LogP contribution in [0.2, 0.25) is 0 Å². The molecule has 1 amide bonds. The minimum Gasteiger partial charge on any atom is -0.493 e. The van der Waals surface area contributed by atoms with Crippen molar-refractivity contribution in [3.63, 3.8) is 0 Å². The molecule has 1 fully saturated rings. The number of benzene rings is 3. The number of anilines is 1. The van der Waals surface area contributed by atoms with Gasteiger partial charge in [-0.2, -0.15) is 5.26 Å². The molecule has 1 aliphatic rings. The second-order valence-electron chi connectivity index (χ2n) is 7.09. The molecule has 0 unspecified atom stereocenters. The van der Waals surface area contributed by atoms with Crippen LogP contribution in [0.3, 0.4) is 0 Å². The first-order valence-electron chi connectivity index (χ1n) is 9.93. The Hall–Kier alpha value is -2.39. The first-order chi connectivity index (χ1) is 16.4. The van der Waals surface area contributed by atoms with Gasteiger partial charge in [0.2, 0.25) is 0 Å². The van der Waals surface area contributed by atoms with Crippen LogP contribution in [0.5, 0.6) is 11.5 Å². The molecule has 0 N–H and O–H groups in total. The van der Waals surface area contributed by atoms with Gasteiger partial charge in [0.1, 0.15) is 6.61 Å². The lowest BCUT2D eigenvalue weighted by atomic mass is 10.1. The molecular formula is C25H16BrIN2O3S2. The van der Waals surface area contributed by atoms with Crippen LogP contribution in [0.25, 0.3) is 6.08 Å². The lowest BCUT2D eigenvalue weighted by Crippen LogP contribution is -2.27. The van der Waals surface area contributed by atoms with Crippen molar-refractivity contribution < 1.29 is 14.3 Å². The van der Waals surface area contributed by atoms with Gasteiger partial charge in [-0.05, 0) is 76.7 Å². The van der Waals surface area contributed by atoms with Gasteiger partial charge in [0.15, 0.2) is 15.8 Å². The Morgan fingerprint density at radius 1 is 1.21 bits per heavy atom. The van der Waals surface area contributed by atoms with Gasteiger partial charge in [0.25, 0.3) is 5.91 Å². The predicted molar refractivity (Wildman–Crippen MR) is 151 cm³/mol. The Morgan fingerprint density at radius 3 is 2.65 bits per heavy atom. The molecule has 1 aliphatic heterocycles. The van der Waals surface area contributed by atoms with Crippen LogP contribution in [0.4, 0.5) is 5.69 Å². The monoisotopic (exact) mass is 662 g/mol. The average molecular weight is 663 g/mol. The van der Waals surface area contributed by atoms with E-state index >= 15 is 0 Å². The van der Waals surface area contributed by atoms with Crippen molar-refractivity contribution in [2.45, 2.75) is 6.61 Å². The van der Waals surface area contributed by atoms with Crippen molar-refractivity contribution in [2.24, 2.45) is 0 Å². The molecular weight excluding hydrogens is 647 g/mol. The van der Waals surface area contributed by atoms with Crippen LogP contribution in [0.1, 0.15) is 16.7 Å². The van der Waals surface area contributed by atoms with Crippen LogP contribution in [-0.2, 0) is 11.4 Å². The van der Waals surface area contributed by atoms with Crippen LogP contribution in [-0.4, -0.2) is 17.3 Å². The van der Waals surface area contributed by atoms with Gasteiger partial charge in [0.05, 0.1) is 32.9 Å². The number of hydrogen-bond acceptors (Lipinski definition) is 6. The Kier molecular flexibility index (Phi) is 7.93. The van der Waals surface area contributed by atoms with E-state index < -0.39 is 0 Å². The minimum atomic E-state index is -0.167. The Bertz CT molecular complexity index is 1350.